The monoisotopic (exact) mass is 552 g/mol. The molecule has 0 aliphatic carbocycles. The number of nitrogens with two attached hydrogens (primary N) is 1. The summed E-state index contributed by atoms with van der Waals surface area (Å²) in [7, 11) is 0.269. The Hall–Kier alpha value is -2.43. The van der Waals surface area contributed by atoms with Gasteiger partial charge in [-0.2, -0.15) is 0 Å². The highest BCUT2D eigenvalue weighted by Gasteiger charge is 2.48. The summed E-state index contributed by atoms with van der Waals surface area (Å²) in [5.41, 5.74) is 6.92. The molecular formula is C28H48N4O5S. The lowest BCUT2D eigenvalue weighted by molar-refractivity contribution is -0.121. The molecule has 0 saturated carbocycles. The van der Waals surface area contributed by atoms with E-state index in [4.69, 9.17) is 20.0 Å². The Morgan fingerprint density at radius 1 is 1.08 bits per heavy atom. The fraction of sp³-hybridized carbons (Fsp3) is 0.643. The molecule has 9 nitrogen and oxygen atoms in total. The van der Waals surface area contributed by atoms with Crippen molar-refractivity contribution in [2.75, 3.05) is 64.4 Å². The number of hydrogen-bond donors (Lipinski definition) is 1. The number of carbonyl (C=O) groups excluding carboxylic acids is 2. The molecule has 0 aromatic heterocycles. The molecule has 2 saturated heterocycles. The summed E-state index contributed by atoms with van der Waals surface area (Å²) in [5.74, 6) is 1.45. The number of allylic oxidation sites excluding steroid dienone is 2. The first-order valence-electron chi connectivity index (χ1n) is 13.4. The van der Waals surface area contributed by atoms with E-state index in [1.807, 2.05) is 43.2 Å². The van der Waals surface area contributed by atoms with Gasteiger partial charge in [0.05, 0.1) is 19.5 Å². The molecule has 0 bridgehead atoms. The predicted molar refractivity (Wildman–Crippen MR) is 156 cm³/mol. The van der Waals surface area contributed by atoms with Gasteiger partial charge in [0, 0.05) is 45.0 Å². The summed E-state index contributed by atoms with van der Waals surface area (Å²) < 4.78 is 24.9. The van der Waals surface area contributed by atoms with Crippen molar-refractivity contribution in [1.29, 1.82) is 0 Å². The standard InChI is InChI=1S/C22H36N4O3S.C5H10O.CH2O/c1-3-5-18-29-20-8-6-19(7-9-20)25-14-16-26(17-15-25)30(28)22(21(23)27)10-12-24(4-2)13-11-22;1-4-5(2)6-3;1-2/h6-9H,3-5,10-18H2,1-2H3,(H2,23,27);4H,1-3H3;1H2/b;5-4-;. The topological polar surface area (TPSA) is 105 Å². The number of anilines is 1. The molecule has 216 valence electrons. The predicted octanol–water partition coefficient (Wildman–Crippen LogP) is 3.36. The van der Waals surface area contributed by atoms with Crippen LogP contribution in [0.1, 0.15) is 53.4 Å². The lowest BCUT2D eigenvalue weighted by Gasteiger charge is -2.43. The van der Waals surface area contributed by atoms with Gasteiger partial charge >= 0.3 is 0 Å². The van der Waals surface area contributed by atoms with Crippen LogP contribution in [0.2, 0.25) is 0 Å². The molecule has 10 heteroatoms. The van der Waals surface area contributed by atoms with Gasteiger partial charge in [0.15, 0.2) is 0 Å². The number of likely N-dealkylation sites (tertiary alicyclic amines) is 1. The normalized spacial score (nSPS) is 18.8. The van der Waals surface area contributed by atoms with Crippen LogP contribution < -0.4 is 15.4 Å². The molecule has 1 aromatic rings. The number of methoxy groups -OCH3 is 1. The first-order valence-corrected chi connectivity index (χ1v) is 14.5. The van der Waals surface area contributed by atoms with Gasteiger partial charge in [0.1, 0.15) is 28.3 Å². The first kappa shape index (κ1) is 33.6. The van der Waals surface area contributed by atoms with Crippen molar-refractivity contribution in [3.63, 3.8) is 0 Å². The molecule has 1 unspecified atom stereocenters. The third kappa shape index (κ3) is 9.71. The van der Waals surface area contributed by atoms with Gasteiger partial charge in [-0.05, 0) is 63.9 Å². The summed E-state index contributed by atoms with van der Waals surface area (Å²) >= 11 is 0. The van der Waals surface area contributed by atoms with E-state index < -0.39 is 21.6 Å². The molecule has 1 atom stereocenters. The maximum atomic E-state index is 13.4. The van der Waals surface area contributed by atoms with Gasteiger partial charge in [-0.25, -0.2) is 8.51 Å². The Labute approximate surface area is 231 Å². The van der Waals surface area contributed by atoms with E-state index in [-0.39, 0.29) is 0 Å². The summed E-state index contributed by atoms with van der Waals surface area (Å²) in [6, 6.07) is 8.19. The number of nitrogens with zero attached hydrogens (tertiary/aromatic N) is 3. The summed E-state index contributed by atoms with van der Waals surface area (Å²) in [6.07, 6.45) is 5.24. The smallest absolute Gasteiger partial charge is 0.237 e. The number of hydrogen-bond acceptors (Lipinski definition) is 7. The number of ether oxygens (including phenoxy) is 2. The minimum atomic E-state index is -1.39. The maximum absolute atomic E-state index is 13.4. The quantitative estimate of drug-likeness (QED) is 0.350. The van der Waals surface area contributed by atoms with Gasteiger partial charge in [-0.15, -0.1) is 0 Å². The Bertz CT molecular complexity index is 864. The minimum Gasteiger partial charge on any atom is -0.502 e. The molecular weight excluding hydrogens is 504 g/mol. The van der Waals surface area contributed by atoms with E-state index in [2.05, 4.69) is 35.8 Å². The SMILES string of the molecule is C/C=C(/C)OC.C=O.CCCCOc1ccc(N2CCN(S(=O)C3(C(N)=O)CCN(CC)CC3)CC2)cc1. The van der Waals surface area contributed by atoms with E-state index in [0.29, 0.717) is 25.9 Å². The van der Waals surface area contributed by atoms with Crippen LogP contribution >= 0.6 is 0 Å². The van der Waals surface area contributed by atoms with Gasteiger partial charge < -0.3 is 29.8 Å². The number of carbonyl (C=O) groups is 2. The van der Waals surface area contributed by atoms with E-state index >= 15 is 0 Å². The van der Waals surface area contributed by atoms with Crippen molar-refractivity contribution < 1.29 is 23.3 Å². The van der Waals surface area contributed by atoms with Gasteiger partial charge in [0.25, 0.3) is 0 Å². The number of rotatable bonds is 10. The Kier molecular flexibility index (Phi) is 15.9. The third-order valence-electron chi connectivity index (χ3n) is 7.06. The highest BCUT2D eigenvalue weighted by molar-refractivity contribution is 7.85. The number of piperazine rings is 1. The van der Waals surface area contributed by atoms with Gasteiger partial charge in [-0.3, -0.25) is 4.79 Å². The van der Waals surface area contributed by atoms with E-state index in [1.54, 1.807) is 7.11 Å². The largest absolute Gasteiger partial charge is 0.502 e. The second kappa shape index (κ2) is 18.0. The summed E-state index contributed by atoms with van der Waals surface area (Å²) in [4.78, 5) is 24.9. The van der Waals surface area contributed by atoms with Crippen molar-refractivity contribution in [1.82, 2.24) is 9.21 Å². The van der Waals surface area contributed by atoms with E-state index in [0.717, 1.165) is 69.4 Å². The molecule has 38 heavy (non-hydrogen) atoms. The van der Waals surface area contributed by atoms with Crippen LogP contribution in [-0.2, 0) is 25.3 Å². The molecule has 1 amide bonds. The molecule has 0 radical (unpaired) electrons. The molecule has 2 fully saturated rings. The summed E-state index contributed by atoms with van der Waals surface area (Å²) in [5, 5.41) is 0. The van der Waals surface area contributed by atoms with Gasteiger partial charge in [-0.1, -0.05) is 26.3 Å². The number of primary amides is 1. The lowest BCUT2D eigenvalue weighted by Crippen LogP contribution is -2.60. The zero-order valence-electron chi connectivity index (χ0n) is 23.9. The van der Waals surface area contributed by atoms with Gasteiger partial charge in [0.2, 0.25) is 5.91 Å². The molecule has 2 N–H and O–H groups in total. The fourth-order valence-corrected chi connectivity index (χ4v) is 6.00. The average Bonchev–Trinajstić information content (AvgIpc) is 2.98. The van der Waals surface area contributed by atoms with Crippen LogP contribution in [0.25, 0.3) is 0 Å². The molecule has 0 spiro atoms. The minimum absolute atomic E-state index is 0.419. The Balaban J connectivity index is 0.000000795. The number of piperidine rings is 1. The van der Waals surface area contributed by atoms with Crippen molar-refractivity contribution in [3.05, 3.63) is 36.1 Å². The summed E-state index contributed by atoms with van der Waals surface area (Å²) in [6.45, 7) is 16.2. The molecule has 1 aromatic carbocycles. The number of amides is 1. The van der Waals surface area contributed by atoms with Crippen molar-refractivity contribution in [3.8, 4) is 5.75 Å². The van der Waals surface area contributed by atoms with Crippen LogP contribution in [0.3, 0.4) is 0 Å². The number of unbranched alkanes of at least 4 members (excludes halogenated alkanes) is 1. The highest BCUT2D eigenvalue weighted by Crippen LogP contribution is 2.31. The first-order chi connectivity index (χ1) is 18.3. The molecule has 2 heterocycles. The zero-order valence-corrected chi connectivity index (χ0v) is 24.8. The molecule has 2 aliphatic rings. The van der Waals surface area contributed by atoms with Crippen molar-refractivity contribution >= 4 is 29.4 Å². The van der Waals surface area contributed by atoms with E-state index in [9.17, 15) is 9.00 Å². The number of benzene rings is 1. The Morgan fingerprint density at radius 2 is 1.66 bits per heavy atom. The second-order valence-electron chi connectivity index (χ2n) is 9.26. The lowest BCUT2D eigenvalue weighted by atomic mass is 9.95. The zero-order chi connectivity index (χ0) is 28.6. The second-order valence-corrected chi connectivity index (χ2v) is 11.1. The molecule has 2 aliphatic heterocycles. The highest BCUT2D eigenvalue weighted by atomic mass is 32.2. The van der Waals surface area contributed by atoms with Crippen molar-refractivity contribution in [2.45, 2.75) is 58.1 Å². The van der Waals surface area contributed by atoms with Crippen LogP contribution in [-0.4, -0.2) is 90.4 Å². The van der Waals surface area contributed by atoms with Crippen LogP contribution in [0.5, 0.6) is 5.75 Å². The maximum Gasteiger partial charge on any atom is 0.237 e. The van der Waals surface area contributed by atoms with Crippen LogP contribution in [0.15, 0.2) is 36.1 Å². The molecule has 3 rings (SSSR count). The van der Waals surface area contributed by atoms with Crippen LogP contribution in [0, 0.1) is 0 Å². The van der Waals surface area contributed by atoms with E-state index in [1.165, 1.54) is 0 Å². The third-order valence-corrected chi connectivity index (χ3v) is 9.18. The Morgan fingerprint density at radius 3 is 2.08 bits per heavy atom. The van der Waals surface area contributed by atoms with Crippen LogP contribution in [0.4, 0.5) is 5.69 Å². The average molecular weight is 553 g/mol. The van der Waals surface area contributed by atoms with Crippen molar-refractivity contribution in [2.24, 2.45) is 5.73 Å². The fourth-order valence-electron chi connectivity index (χ4n) is 4.30.